The summed E-state index contributed by atoms with van der Waals surface area (Å²) in [5.74, 6) is -1.49. The van der Waals surface area contributed by atoms with Crippen LogP contribution in [0.5, 0.6) is 0 Å². The van der Waals surface area contributed by atoms with Crippen molar-refractivity contribution in [1.29, 1.82) is 0 Å². The summed E-state index contributed by atoms with van der Waals surface area (Å²) in [4.78, 5) is 25.3. The van der Waals surface area contributed by atoms with Crippen molar-refractivity contribution >= 4 is 11.9 Å². The maximum absolute atomic E-state index is 12.2. The number of hydrogen-bond acceptors (Lipinski definition) is 5. The predicted molar refractivity (Wildman–Crippen MR) is 59.1 cm³/mol. The second-order valence-corrected chi connectivity index (χ2v) is 3.51. The van der Waals surface area contributed by atoms with Gasteiger partial charge in [0.05, 0.1) is 0 Å². The minimum Gasteiger partial charge on any atom is -0.276 e. The molecule has 0 aromatic rings. The van der Waals surface area contributed by atoms with Gasteiger partial charge in [-0.05, 0) is 20.5 Å². The van der Waals surface area contributed by atoms with Crippen molar-refractivity contribution in [1.82, 2.24) is 26.0 Å². The molecule has 0 unspecified atom stereocenters. The third kappa shape index (κ3) is 1.57. The highest BCUT2D eigenvalue weighted by Gasteiger charge is 2.55. The van der Waals surface area contributed by atoms with Crippen LogP contribution in [0.2, 0.25) is 0 Å². The number of carbonyl (C=O) groups is 2. The minimum absolute atomic E-state index is 0.293. The molecule has 1 saturated heterocycles. The van der Waals surface area contributed by atoms with Crippen LogP contribution >= 0.6 is 0 Å². The van der Waals surface area contributed by atoms with Gasteiger partial charge in [-0.25, -0.2) is 15.2 Å². The van der Waals surface area contributed by atoms with Gasteiger partial charge in [-0.2, -0.15) is 0 Å². The van der Waals surface area contributed by atoms with Gasteiger partial charge in [-0.3, -0.25) is 20.3 Å². The highest BCUT2D eigenvalue weighted by molar-refractivity contribution is 6.06. The number of carbonyl (C=O) groups excluding carboxylic acids is 2. The highest BCUT2D eigenvalue weighted by atomic mass is 16.2. The fraction of sp³-hybridized carbons (Fsp3) is 0.778. The van der Waals surface area contributed by atoms with E-state index >= 15 is 0 Å². The SMILES string of the molecule is CCCN1C(=O)N(NC)C(NC)(NC)C1=O. The minimum atomic E-state index is -1.19. The molecule has 0 saturated carbocycles. The third-order valence-corrected chi connectivity index (χ3v) is 2.71. The number of rotatable bonds is 5. The van der Waals surface area contributed by atoms with Crippen LogP contribution in [0.1, 0.15) is 13.3 Å². The molecule has 1 rings (SSSR count). The lowest BCUT2D eigenvalue weighted by atomic mass is 10.3. The van der Waals surface area contributed by atoms with E-state index in [4.69, 9.17) is 0 Å². The lowest BCUT2D eigenvalue weighted by molar-refractivity contribution is -0.137. The maximum atomic E-state index is 12.2. The van der Waals surface area contributed by atoms with Crippen LogP contribution in [-0.2, 0) is 4.79 Å². The Hall–Kier alpha value is -1.18. The Bertz CT molecular complexity index is 290. The van der Waals surface area contributed by atoms with E-state index in [1.807, 2.05) is 6.92 Å². The first kappa shape index (κ1) is 12.9. The van der Waals surface area contributed by atoms with Crippen LogP contribution < -0.4 is 16.1 Å². The Morgan fingerprint density at radius 3 is 2.06 bits per heavy atom. The summed E-state index contributed by atoms with van der Waals surface area (Å²) in [7, 11) is 4.85. The van der Waals surface area contributed by atoms with Crippen LogP contribution in [0.3, 0.4) is 0 Å². The number of nitrogens with one attached hydrogen (secondary N) is 3. The van der Waals surface area contributed by atoms with E-state index in [0.717, 1.165) is 6.42 Å². The van der Waals surface area contributed by atoms with Crippen LogP contribution in [0.15, 0.2) is 0 Å². The van der Waals surface area contributed by atoms with Crippen LogP contribution in [0, 0.1) is 0 Å². The van der Waals surface area contributed by atoms with E-state index in [1.165, 1.54) is 9.91 Å². The number of hydrazine groups is 1. The molecule has 0 aliphatic carbocycles. The van der Waals surface area contributed by atoms with E-state index in [1.54, 1.807) is 21.1 Å². The van der Waals surface area contributed by atoms with Crippen molar-refractivity contribution in [3.8, 4) is 0 Å². The van der Waals surface area contributed by atoms with Crippen molar-refractivity contribution in [2.75, 3.05) is 27.7 Å². The number of likely N-dealkylation sites (N-methyl/N-ethyl adjacent to an activating group) is 2. The number of nitrogens with zero attached hydrogens (tertiary/aromatic N) is 2. The number of imide groups is 1. The van der Waals surface area contributed by atoms with Crippen molar-refractivity contribution in [3.05, 3.63) is 0 Å². The van der Waals surface area contributed by atoms with Crippen LogP contribution in [0.25, 0.3) is 0 Å². The zero-order valence-corrected chi connectivity index (χ0v) is 10.1. The topological polar surface area (TPSA) is 76.7 Å². The van der Waals surface area contributed by atoms with Crippen molar-refractivity contribution in [2.45, 2.75) is 19.1 Å². The Kier molecular flexibility index (Phi) is 3.84. The second-order valence-electron chi connectivity index (χ2n) is 3.51. The van der Waals surface area contributed by atoms with Crippen LogP contribution in [0.4, 0.5) is 4.79 Å². The summed E-state index contributed by atoms with van der Waals surface area (Å²) in [6.07, 6.45) is 0.735. The molecule has 0 aromatic heterocycles. The smallest absolute Gasteiger partial charge is 0.276 e. The van der Waals surface area contributed by atoms with Crippen molar-refractivity contribution < 1.29 is 9.59 Å². The molecule has 7 nitrogen and oxygen atoms in total. The van der Waals surface area contributed by atoms with E-state index in [0.29, 0.717) is 6.54 Å². The summed E-state index contributed by atoms with van der Waals surface area (Å²) in [5, 5.41) is 6.93. The lowest BCUT2D eigenvalue weighted by Crippen LogP contribution is -2.70. The molecule has 16 heavy (non-hydrogen) atoms. The molecule has 1 heterocycles. The zero-order chi connectivity index (χ0) is 12.3. The van der Waals surface area contributed by atoms with Gasteiger partial charge >= 0.3 is 6.03 Å². The molecular weight excluding hydrogens is 210 g/mol. The monoisotopic (exact) mass is 229 g/mol. The maximum Gasteiger partial charge on any atom is 0.344 e. The average molecular weight is 229 g/mol. The molecule has 3 amide bonds. The van der Waals surface area contributed by atoms with Gasteiger partial charge in [0.15, 0.2) is 0 Å². The summed E-state index contributed by atoms with van der Waals surface area (Å²) in [6, 6.07) is -0.349. The fourth-order valence-electron chi connectivity index (χ4n) is 1.89. The Morgan fingerprint density at radius 1 is 1.19 bits per heavy atom. The van der Waals surface area contributed by atoms with E-state index in [2.05, 4.69) is 16.1 Å². The normalized spacial score (nSPS) is 19.8. The Morgan fingerprint density at radius 2 is 1.75 bits per heavy atom. The van der Waals surface area contributed by atoms with Crippen molar-refractivity contribution in [3.63, 3.8) is 0 Å². The van der Waals surface area contributed by atoms with Gasteiger partial charge in [0, 0.05) is 13.6 Å². The highest BCUT2D eigenvalue weighted by Crippen LogP contribution is 2.21. The molecule has 1 aliphatic rings. The molecule has 7 heteroatoms. The first-order chi connectivity index (χ1) is 7.58. The predicted octanol–water partition coefficient (Wildman–Crippen LogP) is -1.11. The first-order valence-corrected chi connectivity index (χ1v) is 5.30. The largest absolute Gasteiger partial charge is 0.344 e. The zero-order valence-electron chi connectivity index (χ0n) is 10.1. The van der Waals surface area contributed by atoms with Gasteiger partial charge < -0.3 is 0 Å². The van der Waals surface area contributed by atoms with Gasteiger partial charge in [0.2, 0.25) is 5.79 Å². The third-order valence-electron chi connectivity index (χ3n) is 2.71. The summed E-state index contributed by atoms with van der Waals surface area (Å²) in [5.41, 5.74) is 2.72. The first-order valence-electron chi connectivity index (χ1n) is 5.30. The van der Waals surface area contributed by atoms with E-state index < -0.39 is 5.79 Å². The molecule has 0 radical (unpaired) electrons. The molecule has 0 bridgehead atoms. The van der Waals surface area contributed by atoms with Gasteiger partial charge in [0.1, 0.15) is 0 Å². The van der Waals surface area contributed by atoms with E-state index in [-0.39, 0.29) is 11.9 Å². The molecular formula is C9H19N5O2. The fourth-order valence-corrected chi connectivity index (χ4v) is 1.89. The number of urea groups is 1. The molecule has 92 valence electrons. The second kappa shape index (κ2) is 4.77. The van der Waals surface area contributed by atoms with Crippen molar-refractivity contribution in [2.24, 2.45) is 0 Å². The molecule has 1 aliphatic heterocycles. The Balaban J connectivity index is 3.09. The molecule has 0 atom stereocenters. The van der Waals surface area contributed by atoms with Crippen LogP contribution in [-0.4, -0.2) is 55.3 Å². The quantitative estimate of drug-likeness (QED) is 0.411. The summed E-state index contributed by atoms with van der Waals surface area (Å²) >= 11 is 0. The van der Waals surface area contributed by atoms with Gasteiger partial charge in [-0.15, -0.1) is 0 Å². The number of hydrogen-bond donors (Lipinski definition) is 3. The number of amides is 3. The van der Waals surface area contributed by atoms with Gasteiger partial charge in [0.25, 0.3) is 5.91 Å². The van der Waals surface area contributed by atoms with E-state index in [9.17, 15) is 9.59 Å². The molecule has 3 N–H and O–H groups in total. The molecule has 0 spiro atoms. The summed E-state index contributed by atoms with van der Waals surface area (Å²) < 4.78 is 0. The molecule has 0 aromatic carbocycles. The molecule has 1 fully saturated rings. The summed E-state index contributed by atoms with van der Waals surface area (Å²) in [6.45, 7) is 2.34. The average Bonchev–Trinajstić information content (AvgIpc) is 2.50. The Labute approximate surface area is 95.1 Å². The standard InChI is InChI=1S/C9H19N5O2/c1-5-6-13-7(15)9(10-2,11-3)14(12-4)8(13)16/h10-12H,5-6H2,1-4H3. The lowest BCUT2D eigenvalue weighted by Gasteiger charge is -2.32. The van der Waals surface area contributed by atoms with Gasteiger partial charge in [-0.1, -0.05) is 6.92 Å².